The first-order chi connectivity index (χ1) is 11.3. The highest BCUT2D eigenvalue weighted by Crippen LogP contribution is 2.35. The summed E-state index contributed by atoms with van der Waals surface area (Å²) in [6.07, 6.45) is 5.06. The summed E-state index contributed by atoms with van der Waals surface area (Å²) in [6.45, 7) is 8.37. The minimum Gasteiger partial charge on any atom is -0.380 e. The molecule has 7 nitrogen and oxygen atoms in total. The van der Waals surface area contributed by atoms with Gasteiger partial charge in [0.1, 0.15) is 12.2 Å². The zero-order chi connectivity index (χ0) is 17.5. The fourth-order valence-corrected chi connectivity index (χ4v) is 3.57. The van der Waals surface area contributed by atoms with Gasteiger partial charge in [-0.15, -0.1) is 10.2 Å². The average Bonchev–Trinajstić information content (AvgIpc) is 3.17. The van der Waals surface area contributed by atoms with Crippen LogP contribution in [0.25, 0.3) is 0 Å². The summed E-state index contributed by atoms with van der Waals surface area (Å²) >= 11 is 0. The van der Waals surface area contributed by atoms with Crippen LogP contribution in [-0.4, -0.2) is 49.2 Å². The summed E-state index contributed by atoms with van der Waals surface area (Å²) in [4.78, 5) is 2.43. The van der Waals surface area contributed by atoms with E-state index in [0.717, 1.165) is 31.0 Å². The van der Waals surface area contributed by atoms with Crippen LogP contribution >= 0.6 is 0 Å². The van der Waals surface area contributed by atoms with Crippen LogP contribution in [0.2, 0.25) is 0 Å². The number of rotatable bonds is 4. The van der Waals surface area contributed by atoms with Crippen molar-refractivity contribution in [3.63, 3.8) is 0 Å². The second-order valence-electron chi connectivity index (χ2n) is 7.77. The second kappa shape index (κ2) is 6.29. The Balaban J connectivity index is 1.89. The van der Waals surface area contributed by atoms with E-state index >= 15 is 0 Å². The van der Waals surface area contributed by atoms with Crippen molar-refractivity contribution in [1.29, 1.82) is 0 Å². The summed E-state index contributed by atoms with van der Waals surface area (Å²) in [5.74, 6) is 0.996. The molecule has 1 aliphatic rings. The number of aromatic nitrogens is 5. The lowest BCUT2D eigenvalue weighted by molar-refractivity contribution is 0.107. The van der Waals surface area contributed by atoms with Gasteiger partial charge in [-0.25, -0.2) is 0 Å². The lowest BCUT2D eigenvalue weighted by Crippen LogP contribution is -2.27. The molecule has 0 unspecified atom stereocenters. The van der Waals surface area contributed by atoms with Gasteiger partial charge in [-0.2, -0.15) is 5.10 Å². The van der Waals surface area contributed by atoms with Crippen LogP contribution < -0.4 is 0 Å². The number of likely N-dealkylation sites (tertiary alicyclic amines) is 1. The van der Waals surface area contributed by atoms with Gasteiger partial charge in [-0.05, 0) is 6.42 Å². The van der Waals surface area contributed by atoms with Crippen molar-refractivity contribution < 1.29 is 4.74 Å². The van der Waals surface area contributed by atoms with Crippen molar-refractivity contribution in [3.05, 3.63) is 29.6 Å². The monoisotopic (exact) mass is 332 g/mol. The number of ether oxygens (including phenoxy) is 1. The Hall–Kier alpha value is -1.73. The van der Waals surface area contributed by atoms with E-state index in [1.807, 2.05) is 23.3 Å². The molecule has 2 atom stereocenters. The van der Waals surface area contributed by atoms with E-state index in [-0.39, 0.29) is 17.6 Å². The van der Waals surface area contributed by atoms with Gasteiger partial charge >= 0.3 is 0 Å². The molecule has 1 saturated heterocycles. The Labute approximate surface area is 143 Å². The van der Waals surface area contributed by atoms with Crippen LogP contribution in [0.15, 0.2) is 12.5 Å². The molecule has 2 aromatic heterocycles. The number of hydrogen-bond acceptors (Lipinski definition) is 5. The topological polar surface area (TPSA) is 61.0 Å². The fraction of sp³-hybridized carbons (Fsp3) is 0.706. The standard InChI is InChI=1S/C17H28N6O/c1-17(2,3)15-12(8-22(5)20-15)9-23-10-13(24-6)7-14(23)16-19-18-11-21(16)4/h8,11,13-14H,7,9-10H2,1-6H3/t13-,14+/m1/s1. The molecule has 132 valence electrons. The van der Waals surface area contributed by atoms with E-state index in [1.165, 1.54) is 5.56 Å². The van der Waals surface area contributed by atoms with Crippen LogP contribution in [0.1, 0.15) is 50.3 Å². The number of methoxy groups -OCH3 is 1. The first-order valence-electron chi connectivity index (χ1n) is 8.43. The molecule has 0 radical (unpaired) electrons. The molecule has 0 N–H and O–H groups in total. The molecule has 2 aromatic rings. The number of hydrogen-bond donors (Lipinski definition) is 0. The summed E-state index contributed by atoms with van der Waals surface area (Å²) < 4.78 is 9.55. The zero-order valence-corrected chi connectivity index (χ0v) is 15.5. The van der Waals surface area contributed by atoms with Crippen molar-refractivity contribution in [2.45, 2.75) is 51.3 Å². The number of aryl methyl sites for hydroxylation is 2. The van der Waals surface area contributed by atoms with Gasteiger partial charge in [0.15, 0.2) is 0 Å². The largest absolute Gasteiger partial charge is 0.380 e. The van der Waals surface area contributed by atoms with Crippen LogP contribution in [0.5, 0.6) is 0 Å². The maximum atomic E-state index is 5.63. The molecule has 3 heterocycles. The van der Waals surface area contributed by atoms with Gasteiger partial charge < -0.3 is 9.30 Å². The molecule has 7 heteroatoms. The zero-order valence-electron chi connectivity index (χ0n) is 15.5. The predicted octanol–water partition coefficient (Wildman–Crippen LogP) is 1.81. The van der Waals surface area contributed by atoms with Crippen LogP contribution in [0.3, 0.4) is 0 Å². The Morgan fingerprint density at radius 1 is 1.29 bits per heavy atom. The highest BCUT2D eigenvalue weighted by atomic mass is 16.5. The summed E-state index contributed by atoms with van der Waals surface area (Å²) in [5, 5.41) is 13.1. The van der Waals surface area contributed by atoms with Gasteiger partial charge in [0.05, 0.1) is 17.8 Å². The Kier molecular flexibility index (Phi) is 4.48. The molecule has 1 aliphatic heterocycles. The summed E-state index contributed by atoms with van der Waals surface area (Å²) in [6, 6.07) is 0.218. The first kappa shape index (κ1) is 17.1. The normalized spacial score (nSPS) is 22.4. The van der Waals surface area contributed by atoms with Crippen molar-refractivity contribution in [1.82, 2.24) is 29.4 Å². The quantitative estimate of drug-likeness (QED) is 0.854. The summed E-state index contributed by atoms with van der Waals surface area (Å²) in [5.41, 5.74) is 2.45. The lowest BCUT2D eigenvalue weighted by Gasteiger charge is -2.25. The van der Waals surface area contributed by atoms with Gasteiger partial charge in [0, 0.05) is 51.5 Å². The van der Waals surface area contributed by atoms with Crippen LogP contribution in [0, 0.1) is 0 Å². The van der Waals surface area contributed by atoms with E-state index < -0.39 is 0 Å². The smallest absolute Gasteiger partial charge is 0.150 e. The van der Waals surface area contributed by atoms with Gasteiger partial charge in [0.2, 0.25) is 0 Å². The highest BCUT2D eigenvalue weighted by Gasteiger charge is 2.37. The third kappa shape index (κ3) is 3.23. The van der Waals surface area contributed by atoms with Crippen molar-refractivity contribution in [3.8, 4) is 0 Å². The van der Waals surface area contributed by atoms with Crippen molar-refractivity contribution >= 4 is 0 Å². The van der Waals surface area contributed by atoms with Crippen LogP contribution in [-0.2, 0) is 30.8 Å². The third-order valence-electron chi connectivity index (χ3n) is 4.73. The average molecular weight is 332 g/mol. The molecule has 24 heavy (non-hydrogen) atoms. The van der Waals surface area contributed by atoms with Crippen LogP contribution in [0.4, 0.5) is 0 Å². The molecular formula is C17H28N6O. The van der Waals surface area contributed by atoms with E-state index in [4.69, 9.17) is 9.84 Å². The SMILES string of the molecule is CO[C@@H]1C[C@@H](c2nncn2C)N(Cc2cn(C)nc2C(C)(C)C)C1. The second-order valence-corrected chi connectivity index (χ2v) is 7.77. The maximum absolute atomic E-state index is 5.63. The Morgan fingerprint density at radius 2 is 2.04 bits per heavy atom. The highest BCUT2D eigenvalue weighted by molar-refractivity contribution is 5.24. The van der Waals surface area contributed by atoms with Gasteiger partial charge in [-0.1, -0.05) is 20.8 Å². The minimum absolute atomic E-state index is 0.0251. The number of nitrogens with zero attached hydrogens (tertiary/aromatic N) is 6. The molecule has 0 aliphatic carbocycles. The molecule has 0 amide bonds. The molecule has 0 bridgehead atoms. The minimum atomic E-state index is 0.0251. The lowest BCUT2D eigenvalue weighted by atomic mass is 9.89. The molecule has 0 aromatic carbocycles. The molecule has 3 rings (SSSR count). The Morgan fingerprint density at radius 3 is 2.62 bits per heavy atom. The van der Waals surface area contributed by atoms with E-state index in [2.05, 4.69) is 42.1 Å². The maximum Gasteiger partial charge on any atom is 0.150 e. The van der Waals surface area contributed by atoms with E-state index in [0.29, 0.717) is 0 Å². The third-order valence-corrected chi connectivity index (χ3v) is 4.73. The molecular weight excluding hydrogens is 304 g/mol. The first-order valence-corrected chi connectivity index (χ1v) is 8.43. The fourth-order valence-electron chi connectivity index (χ4n) is 3.57. The van der Waals surface area contributed by atoms with Crippen molar-refractivity contribution in [2.75, 3.05) is 13.7 Å². The van der Waals surface area contributed by atoms with E-state index in [1.54, 1.807) is 13.4 Å². The van der Waals surface area contributed by atoms with Gasteiger partial charge in [0.25, 0.3) is 0 Å². The Bertz CT molecular complexity index is 698. The predicted molar refractivity (Wildman–Crippen MR) is 91.5 cm³/mol. The van der Waals surface area contributed by atoms with Crippen molar-refractivity contribution in [2.24, 2.45) is 14.1 Å². The molecule has 0 spiro atoms. The van der Waals surface area contributed by atoms with E-state index in [9.17, 15) is 0 Å². The van der Waals surface area contributed by atoms with Gasteiger partial charge in [-0.3, -0.25) is 9.58 Å². The molecule has 0 saturated carbocycles. The summed E-state index contributed by atoms with van der Waals surface area (Å²) in [7, 11) is 5.77. The molecule has 1 fully saturated rings.